The summed E-state index contributed by atoms with van der Waals surface area (Å²) in [5.74, 6) is 3.29. The summed E-state index contributed by atoms with van der Waals surface area (Å²) in [4.78, 5) is 11.9. The molecule has 2 nitrogen and oxygen atoms in total. The van der Waals surface area contributed by atoms with Gasteiger partial charge in [-0.15, -0.1) is 0 Å². The van der Waals surface area contributed by atoms with E-state index in [9.17, 15) is 9.90 Å². The lowest BCUT2D eigenvalue weighted by atomic mass is 9.55. The van der Waals surface area contributed by atoms with Gasteiger partial charge in [-0.05, 0) is 97.5 Å². The second-order valence-electron chi connectivity index (χ2n) is 13.4. The third kappa shape index (κ3) is 6.83. The Morgan fingerprint density at radius 3 is 2.08 bits per heavy atom. The Kier molecular flexibility index (Phi) is 10.6. The maximum atomic E-state index is 11.9. The first-order valence-electron chi connectivity index (χ1n) is 16.3. The molecule has 3 aliphatic carbocycles. The molecule has 0 amide bonds. The van der Waals surface area contributed by atoms with Crippen LogP contribution in [0.2, 0.25) is 0 Å². The van der Waals surface area contributed by atoms with Crippen molar-refractivity contribution >= 4 is 5.97 Å². The minimum Gasteiger partial charge on any atom is -0.481 e. The van der Waals surface area contributed by atoms with Gasteiger partial charge in [0, 0.05) is 0 Å². The standard InChI is InChI=1S/C35H56O2/c1-4-6-7-11-28-14-18-29(19-15-28)26(3)32-12-8-9-13-33(32)35(24-22-30(23-25-35)34(36)37)31-20-16-27(10-5-2)17-21-31/h8-9,12-13,26-31H,4-7,10-11,14-25H2,1-3H3,(H,36,37). The molecule has 1 unspecified atom stereocenters. The Labute approximate surface area is 228 Å². The first kappa shape index (κ1) is 28.7. The normalized spacial score (nSPS) is 33.6. The first-order chi connectivity index (χ1) is 18.0. The van der Waals surface area contributed by atoms with Crippen molar-refractivity contribution in [2.24, 2.45) is 29.6 Å². The molecule has 208 valence electrons. The average molecular weight is 509 g/mol. The van der Waals surface area contributed by atoms with E-state index in [4.69, 9.17) is 0 Å². The van der Waals surface area contributed by atoms with E-state index in [1.807, 2.05) is 0 Å². The van der Waals surface area contributed by atoms with Gasteiger partial charge in [0.1, 0.15) is 0 Å². The smallest absolute Gasteiger partial charge is 0.306 e. The maximum Gasteiger partial charge on any atom is 0.306 e. The molecule has 1 aromatic rings. The van der Waals surface area contributed by atoms with E-state index >= 15 is 0 Å². The van der Waals surface area contributed by atoms with Crippen molar-refractivity contribution in [3.63, 3.8) is 0 Å². The topological polar surface area (TPSA) is 37.3 Å². The molecule has 3 saturated carbocycles. The number of hydrogen-bond acceptors (Lipinski definition) is 1. The second kappa shape index (κ2) is 13.7. The van der Waals surface area contributed by atoms with Crippen molar-refractivity contribution < 1.29 is 9.90 Å². The van der Waals surface area contributed by atoms with Gasteiger partial charge in [-0.3, -0.25) is 4.79 Å². The van der Waals surface area contributed by atoms with Gasteiger partial charge in [0.2, 0.25) is 0 Å². The number of carboxylic acid groups (broad SMARTS) is 1. The van der Waals surface area contributed by atoms with Crippen LogP contribution in [0.4, 0.5) is 0 Å². The summed E-state index contributed by atoms with van der Waals surface area (Å²) in [6.07, 6.45) is 23.2. The molecular formula is C35H56O2. The molecule has 3 aliphatic rings. The van der Waals surface area contributed by atoms with Crippen LogP contribution < -0.4 is 0 Å². The first-order valence-corrected chi connectivity index (χ1v) is 16.3. The Morgan fingerprint density at radius 1 is 0.838 bits per heavy atom. The van der Waals surface area contributed by atoms with E-state index in [2.05, 4.69) is 45.0 Å². The number of carboxylic acids is 1. The fourth-order valence-corrected chi connectivity index (χ4v) is 8.95. The van der Waals surface area contributed by atoms with E-state index in [1.165, 1.54) is 89.9 Å². The fraction of sp³-hybridized carbons (Fsp3) is 0.800. The predicted octanol–water partition coefficient (Wildman–Crippen LogP) is 10.3. The highest BCUT2D eigenvalue weighted by molar-refractivity contribution is 5.70. The van der Waals surface area contributed by atoms with Crippen molar-refractivity contribution in [3.8, 4) is 0 Å². The van der Waals surface area contributed by atoms with Crippen molar-refractivity contribution in [2.45, 2.75) is 148 Å². The molecule has 3 fully saturated rings. The van der Waals surface area contributed by atoms with Gasteiger partial charge in [-0.1, -0.05) is 109 Å². The molecule has 0 aromatic heterocycles. The van der Waals surface area contributed by atoms with Crippen LogP contribution in [0.5, 0.6) is 0 Å². The fourth-order valence-electron chi connectivity index (χ4n) is 8.95. The van der Waals surface area contributed by atoms with Crippen molar-refractivity contribution in [3.05, 3.63) is 35.4 Å². The van der Waals surface area contributed by atoms with Crippen LogP contribution in [-0.4, -0.2) is 11.1 Å². The SMILES string of the molecule is CCCCCC1CCC(C(C)c2ccccc2C2(C3CCC(CCC)CC3)CCC(C(=O)O)CC2)CC1. The van der Waals surface area contributed by atoms with Crippen LogP contribution in [0.1, 0.15) is 153 Å². The summed E-state index contributed by atoms with van der Waals surface area (Å²) >= 11 is 0. The van der Waals surface area contributed by atoms with E-state index in [0.717, 1.165) is 49.4 Å². The van der Waals surface area contributed by atoms with Gasteiger partial charge in [-0.25, -0.2) is 0 Å². The highest BCUT2D eigenvalue weighted by atomic mass is 16.4. The molecule has 0 bridgehead atoms. The van der Waals surface area contributed by atoms with E-state index in [1.54, 1.807) is 11.1 Å². The summed E-state index contributed by atoms with van der Waals surface area (Å²) in [5.41, 5.74) is 3.42. The Balaban J connectivity index is 1.53. The maximum absolute atomic E-state index is 11.9. The molecular weight excluding hydrogens is 452 g/mol. The van der Waals surface area contributed by atoms with Gasteiger partial charge in [0.15, 0.2) is 0 Å². The van der Waals surface area contributed by atoms with Gasteiger partial charge in [-0.2, -0.15) is 0 Å². The highest BCUT2D eigenvalue weighted by Crippen LogP contribution is 2.54. The summed E-state index contributed by atoms with van der Waals surface area (Å²) in [6.45, 7) is 7.17. The third-order valence-corrected chi connectivity index (χ3v) is 11.4. The molecule has 0 spiro atoms. The van der Waals surface area contributed by atoms with E-state index in [-0.39, 0.29) is 11.3 Å². The zero-order chi connectivity index (χ0) is 26.3. The summed E-state index contributed by atoms with van der Waals surface area (Å²) in [7, 11) is 0. The van der Waals surface area contributed by atoms with Crippen LogP contribution >= 0.6 is 0 Å². The summed E-state index contributed by atoms with van der Waals surface area (Å²) in [6, 6.07) is 9.49. The van der Waals surface area contributed by atoms with Crippen LogP contribution in [-0.2, 0) is 10.2 Å². The quantitative estimate of drug-likeness (QED) is 0.302. The van der Waals surface area contributed by atoms with Crippen LogP contribution in [0, 0.1) is 29.6 Å². The Bertz CT molecular complexity index is 819. The average Bonchev–Trinajstić information content (AvgIpc) is 2.94. The number of carbonyl (C=O) groups is 1. The largest absolute Gasteiger partial charge is 0.481 e. The Morgan fingerprint density at radius 2 is 1.46 bits per heavy atom. The highest BCUT2D eigenvalue weighted by Gasteiger charge is 2.46. The molecule has 1 atom stereocenters. The zero-order valence-electron chi connectivity index (χ0n) is 24.4. The van der Waals surface area contributed by atoms with Gasteiger partial charge >= 0.3 is 5.97 Å². The lowest BCUT2D eigenvalue weighted by Crippen LogP contribution is -2.43. The minimum atomic E-state index is -0.572. The number of unbranched alkanes of at least 4 members (excludes halogenated alkanes) is 2. The summed E-state index contributed by atoms with van der Waals surface area (Å²) < 4.78 is 0. The van der Waals surface area contributed by atoms with Gasteiger partial charge in [0.25, 0.3) is 0 Å². The van der Waals surface area contributed by atoms with Crippen LogP contribution in [0.25, 0.3) is 0 Å². The monoisotopic (exact) mass is 508 g/mol. The molecule has 1 N–H and O–H groups in total. The number of benzene rings is 1. The van der Waals surface area contributed by atoms with Gasteiger partial charge < -0.3 is 5.11 Å². The van der Waals surface area contributed by atoms with Crippen molar-refractivity contribution in [1.82, 2.24) is 0 Å². The zero-order valence-corrected chi connectivity index (χ0v) is 24.4. The van der Waals surface area contributed by atoms with Crippen LogP contribution in [0.3, 0.4) is 0 Å². The predicted molar refractivity (Wildman–Crippen MR) is 156 cm³/mol. The number of aliphatic carboxylic acids is 1. The van der Waals surface area contributed by atoms with E-state index < -0.39 is 5.97 Å². The number of hydrogen-bond donors (Lipinski definition) is 1. The molecule has 0 radical (unpaired) electrons. The van der Waals surface area contributed by atoms with Crippen LogP contribution in [0.15, 0.2) is 24.3 Å². The molecule has 0 heterocycles. The third-order valence-electron chi connectivity index (χ3n) is 11.4. The second-order valence-corrected chi connectivity index (χ2v) is 13.4. The lowest BCUT2D eigenvalue weighted by molar-refractivity contribution is -0.143. The van der Waals surface area contributed by atoms with Crippen molar-refractivity contribution in [1.29, 1.82) is 0 Å². The molecule has 1 aromatic carbocycles. The molecule has 0 saturated heterocycles. The van der Waals surface area contributed by atoms with Gasteiger partial charge in [0.05, 0.1) is 5.92 Å². The van der Waals surface area contributed by atoms with E-state index in [0.29, 0.717) is 5.92 Å². The molecule has 4 rings (SSSR count). The number of rotatable bonds is 11. The Hall–Kier alpha value is -1.31. The lowest BCUT2D eigenvalue weighted by Gasteiger charge is -2.49. The molecule has 0 aliphatic heterocycles. The van der Waals surface area contributed by atoms with Crippen molar-refractivity contribution in [2.75, 3.05) is 0 Å². The molecule has 2 heteroatoms. The summed E-state index contributed by atoms with van der Waals surface area (Å²) in [5, 5.41) is 9.79. The minimum absolute atomic E-state index is 0.142. The molecule has 37 heavy (non-hydrogen) atoms.